The third-order valence-corrected chi connectivity index (χ3v) is 11.3. The standard InChI is InChI=1S/C35H38N4O8S/c1-45-24-12-15-27-29(17-24)36-28(22-9-5-4-6-10-22)19-31(27)47-25-18-30-32(40)37-35(33(41)38-48(43,44)26-13-14-26)20-23(35)11-7-2-3-8-16-46-34(42)39(30)21-25/h4-7,9-12,15,17,19,23,25-26,30H,2-3,8,13-14,16,18,20-21H2,1H3,(H,37,40)(H,38,41)/t23-,25-,30+,35-/m1/s1. The molecule has 3 amide bonds. The molecule has 0 radical (unpaired) electrons. The number of hydrogen-bond acceptors (Lipinski definition) is 9. The number of cyclic esters (lactones) is 1. The number of allylic oxidation sites excluding steroid dienone is 1. The fraction of sp³-hybridized carbons (Fsp3) is 0.429. The molecule has 13 heteroatoms. The summed E-state index contributed by atoms with van der Waals surface area (Å²) in [5.41, 5.74) is 0.793. The zero-order valence-electron chi connectivity index (χ0n) is 26.6. The second-order valence-corrected chi connectivity index (χ2v) is 14.8. The van der Waals surface area contributed by atoms with Gasteiger partial charge in [0, 0.05) is 35.4 Å². The van der Waals surface area contributed by atoms with Gasteiger partial charge in [-0.25, -0.2) is 18.2 Å². The number of carbonyl (C=O) groups is 3. The van der Waals surface area contributed by atoms with E-state index < -0.39 is 50.9 Å². The van der Waals surface area contributed by atoms with Gasteiger partial charge in [-0.3, -0.25) is 19.2 Å². The molecule has 0 spiro atoms. The molecule has 3 heterocycles. The molecule has 48 heavy (non-hydrogen) atoms. The van der Waals surface area contributed by atoms with Gasteiger partial charge in [0.2, 0.25) is 15.9 Å². The van der Waals surface area contributed by atoms with Crippen LogP contribution in [-0.4, -0.2) is 79.4 Å². The maximum absolute atomic E-state index is 14.0. The van der Waals surface area contributed by atoms with E-state index in [1.807, 2.05) is 66.7 Å². The summed E-state index contributed by atoms with van der Waals surface area (Å²) < 4.78 is 45.2. The van der Waals surface area contributed by atoms with Crippen LogP contribution in [0.4, 0.5) is 4.79 Å². The molecule has 1 aromatic heterocycles. The summed E-state index contributed by atoms with van der Waals surface area (Å²) in [5, 5.41) is 3.00. The Morgan fingerprint density at radius 2 is 1.92 bits per heavy atom. The van der Waals surface area contributed by atoms with Crippen molar-refractivity contribution in [3.63, 3.8) is 0 Å². The summed E-state index contributed by atoms with van der Waals surface area (Å²) in [6, 6.07) is 16.0. The van der Waals surface area contributed by atoms with Gasteiger partial charge in [-0.1, -0.05) is 42.5 Å². The van der Waals surface area contributed by atoms with Crippen LogP contribution >= 0.6 is 0 Å². The maximum Gasteiger partial charge on any atom is 0.410 e. The van der Waals surface area contributed by atoms with E-state index in [0.29, 0.717) is 48.4 Å². The number of ether oxygens (including phenoxy) is 3. The van der Waals surface area contributed by atoms with E-state index >= 15 is 0 Å². The first-order valence-corrected chi connectivity index (χ1v) is 17.9. The summed E-state index contributed by atoms with van der Waals surface area (Å²) in [6.07, 6.45) is 6.01. The van der Waals surface area contributed by atoms with Crippen LogP contribution < -0.4 is 19.5 Å². The van der Waals surface area contributed by atoms with Crippen LogP contribution in [0.25, 0.3) is 22.2 Å². The summed E-state index contributed by atoms with van der Waals surface area (Å²) >= 11 is 0. The fourth-order valence-electron chi connectivity index (χ4n) is 6.50. The van der Waals surface area contributed by atoms with Crippen molar-refractivity contribution in [2.75, 3.05) is 20.3 Å². The minimum absolute atomic E-state index is 0.0656. The third kappa shape index (κ3) is 6.43. The molecule has 4 aliphatic rings. The lowest BCUT2D eigenvalue weighted by atomic mass is 10.1. The van der Waals surface area contributed by atoms with Crippen molar-refractivity contribution in [2.24, 2.45) is 5.92 Å². The second kappa shape index (κ2) is 12.8. The number of amides is 3. The van der Waals surface area contributed by atoms with E-state index in [2.05, 4.69) is 10.0 Å². The Hall–Kier alpha value is -4.65. The number of hydrogen-bond donors (Lipinski definition) is 2. The Balaban J connectivity index is 1.18. The predicted octanol–water partition coefficient (Wildman–Crippen LogP) is 4.09. The molecule has 0 unspecified atom stereocenters. The van der Waals surface area contributed by atoms with Crippen molar-refractivity contribution in [1.82, 2.24) is 19.9 Å². The lowest BCUT2D eigenvalue weighted by Gasteiger charge is -2.26. The Bertz CT molecular complexity index is 1880. The molecule has 2 aromatic carbocycles. The number of aromatic nitrogens is 1. The molecule has 2 aliphatic carbocycles. The molecule has 2 saturated carbocycles. The van der Waals surface area contributed by atoms with Crippen LogP contribution in [0.2, 0.25) is 0 Å². The molecule has 2 aliphatic heterocycles. The summed E-state index contributed by atoms with van der Waals surface area (Å²) in [6.45, 7) is 0.269. The number of nitrogens with zero attached hydrogens (tertiary/aromatic N) is 2. The minimum atomic E-state index is -3.83. The van der Waals surface area contributed by atoms with E-state index in [4.69, 9.17) is 19.2 Å². The summed E-state index contributed by atoms with van der Waals surface area (Å²) in [5.74, 6) is -0.530. The van der Waals surface area contributed by atoms with Gasteiger partial charge in [0.1, 0.15) is 29.2 Å². The van der Waals surface area contributed by atoms with Gasteiger partial charge < -0.3 is 19.5 Å². The molecule has 3 fully saturated rings. The smallest absolute Gasteiger partial charge is 0.410 e. The lowest BCUT2D eigenvalue weighted by Crippen LogP contribution is -2.56. The average molecular weight is 675 g/mol. The molecule has 1 saturated heterocycles. The highest BCUT2D eigenvalue weighted by Crippen LogP contribution is 2.46. The van der Waals surface area contributed by atoms with Gasteiger partial charge in [0.15, 0.2) is 0 Å². The number of rotatable bonds is 7. The van der Waals surface area contributed by atoms with Crippen molar-refractivity contribution < 1.29 is 37.0 Å². The van der Waals surface area contributed by atoms with Crippen LogP contribution in [0.3, 0.4) is 0 Å². The van der Waals surface area contributed by atoms with Gasteiger partial charge in [0.05, 0.1) is 36.7 Å². The molecule has 7 rings (SSSR count). The Kier molecular flexibility index (Phi) is 8.48. The van der Waals surface area contributed by atoms with Gasteiger partial charge in [0.25, 0.3) is 5.91 Å². The molecule has 252 valence electrons. The van der Waals surface area contributed by atoms with Crippen LogP contribution in [0.15, 0.2) is 66.7 Å². The Labute approximate surface area is 278 Å². The van der Waals surface area contributed by atoms with Crippen LogP contribution in [0.1, 0.15) is 44.9 Å². The van der Waals surface area contributed by atoms with E-state index in [9.17, 15) is 22.8 Å². The Morgan fingerprint density at radius 3 is 2.69 bits per heavy atom. The average Bonchev–Trinajstić information content (AvgIpc) is 4.01. The highest BCUT2D eigenvalue weighted by atomic mass is 32.2. The van der Waals surface area contributed by atoms with E-state index in [1.165, 1.54) is 4.90 Å². The predicted molar refractivity (Wildman–Crippen MR) is 177 cm³/mol. The van der Waals surface area contributed by atoms with Crippen molar-refractivity contribution in [3.05, 3.63) is 66.7 Å². The molecule has 2 N–H and O–H groups in total. The van der Waals surface area contributed by atoms with E-state index in [-0.39, 0.29) is 31.9 Å². The summed E-state index contributed by atoms with van der Waals surface area (Å²) in [7, 11) is -2.25. The number of methoxy groups -OCH3 is 1. The molecule has 0 bridgehead atoms. The molecule has 4 atom stereocenters. The van der Waals surface area contributed by atoms with Crippen molar-refractivity contribution in [2.45, 2.75) is 67.9 Å². The normalized spacial score (nSPS) is 26.0. The highest BCUT2D eigenvalue weighted by Gasteiger charge is 2.62. The quantitative estimate of drug-likeness (QED) is 0.353. The topological polar surface area (TPSA) is 153 Å². The van der Waals surface area contributed by atoms with Gasteiger partial charge in [-0.15, -0.1) is 0 Å². The van der Waals surface area contributed by atoms with Crippen molar-refractivity contribution >= 4 is 38.8 Å². The zero-order valence-corrected chi connectivity index (χ0v) is 27.4. The van der Waals surface area contributed by atoms with Crippen LogP contribution in [-0.2, 0) is 24.3 Å². The number of benzene rings is 2. The van der Waals surface area contributed by atoms with Crippen molar-refractivity contribution in [3.8, 4) is 22.8 Å². The van der Waals surface area contributed by atoms with Crippen LogP contribution in [0.5, 0.6) is 11.5 Å². The fourth-order valence-corrected chi connectivity index (χ4v) is 7.87. The van der Waals surface area contributed by atoms with Crippen molar-refractivity contribution in [1.29, 1.82) is 0 Å². The first-order valence-electron chi connectivity index (χ1n) is 16.4. The number of fused-ring (bicyclic) bond motifs is 3. The number of sulfonamides is 1. The Morgan fingerprint density at radius 1 is 1.10 bits per heavy atom. The number of pyridine rings is 1. The highest BCUT2D eigenvalue weighted by molar-refractivity contribution is 7.91. The first kappa shape index (κ1) is 31.9. The molecule has 12 nitrogen and oxygen atoms in total. The van der Waals surface area contributed by atoms with E-state index in [1.54, 1.807) is 7.11 Å². The largest absolute Gasteiger partial charge is 0.497 e. The number of nitrogens with one attached hydrogen (secondary N) is 2. The molecular formula is C35H38N4O8S. The monoisotopic (exact) mass is 674 g/mol. The van der Waals surface area contributed by atoms with E-state index in [0.717, 1.165) is 17.4 Å². The van der Waals surface area contributed by atoms with Crippen LogP contribution in [0, 0.1) is 5.92 Å². The number of carbonyl (C=O) groups excluding carboxylic acids is 3. The van der Waals surface area contributed by atoms with Gasteiger partial charge in [-0.2, -0.15) is 0 Å². The SMILES string of the molecule is COc1ccc2c(O[C@@H]3C[C@H]4C(=O)N[C@]5(C(=O)NS(=O)(=O)C6CC6)C[C@H]5C=CCCCCOC(=O)N4C3)cc(-c3ccccc3)nc2c1. The second-order valence-electron chi connectivity index (χ2n) is 12.9. The minimum Gasteiger partial charge on any atom is -0.497 e. The molecule has 3 aromatic rings. The summed E-state index contributed by atoms with van der Waals surface area (Å²) in [4.78, 5) is 47.1. The zero-order chi connectivity index (χ0) is 33.5. The maximum atomic E-state index is 14.0. The third-order valence-electron chi connectivity index (χ3n) is 9.47. The lowest BCUT2D eigenvalue weighted by molar-refractivity contribution is -0.131. The van der Waals surface area contributed by atoms with Gasteiger partial charge >= 0.3 is 6.09 Å². The first-order chi connectivity index (χ1) is 23.2. The molecular weight excluding hydrogens is 636 g/mol. The van der Waals surface area contributed by atoms with Gasteiger partial charge in [-0.05, 0) is 50.7 Å².